The van der Waals surface area contributed by atoms with Gasteiger partial charge in [-0.2, -0.15) is 0 Å². The lowest BCUT2D eigenvalue weighted by molar-refractivity contribution is -0.151. The monoisotopic (exact) mass is 363 g/mol. The predicted molar refractivity (Wildman–Crippen MR) is 93.3 cm³/mol. The first kappa shape index (κ1) is 18.7. The minimum Gasteiger partial charge on any atom is -0.491 e. The average Bonchev–Trinajstić information content (AvgIpc) is 2.81. The standard InChI is InChI=1S/C19H25NO6/c1-19(5-7-25-8-6-19)18(23)20-10-14-4-3-13(17(21)22)9-16(14)26-12-15(20)11-24-2/h3-4,9,15H,5-8,10-12H2,1-2H3,(H,21,22)/t15-/m0/s1. The summed E-state index contributed by atoms with van der Waals surface area (Å²) in [5.41, 5.74) is 0.510. The van der Waals surface area contributed by atoms with Gasteiger partial charge < -0.3 is 24.2 Å². The van der Waals surface area contributed by atoms with Crippen molar-refractivity contribution in [3.05, 3.63) is 29.3 Å². The number of fused-ring (bicyclic) bond motifs is 1. The van der Waals surface area contributed by atoms with Gasteiger partial charge in [0.25, 0.3) is 0 Å². The zero-order chi connectivity index (χ0) is 18.7. The molecule has 0 spiro atoms. The number of nitrogens with zero attached hydrogens (tertiary/aromatic N) is 1. The Morgan fingerprint density at radius 1 is 1.35 bits per heavy atom. The second-order valence-electron chi connectivity index (χ2n) is 7.15. The van der Waals surface area contributed by atoms with Crippen LogP contribution in [0.15, 0.2) is 18.2 Å². The van der Waals surface area contributed by atoms with Gasteiger partial charge >= 0.3 is 5.97 Å². The molecule has 0 aromatic heterocycles. The van der Waals surface area contributed by atoms with Gasteiger partial charge in [-0.25, -0.2) is 4.79 Å². The lowest BCUT2D eigenvalue weighted by Gasteiger charge is -2.39. The Balaban J connectivity index is 1.90. The molecule has 0 saturated carbocycles. The van der Waals surface area contributed by atoms with E-state index in [0.717, 1.165) is 5.56 Å². The highest BCUT2D eigenvalue weighted by Crippen LogP contribution is 2.35. The van der Waals surface area contributed by atoms with E-state index in [1.807, 2.05) is 11.8 Å². The van der Waals surface area contributed by atoms with Gasteiger partial charge in [0.1, 0.15) is 12.4 Å². The largest absolute Gasteiger partial charge is 0.491 e. The molecular formula is C19H25NO6. The number of amides is 1. The first-order valence-electron chi connectivity index (χ1n) is 8.81. The second kappa shape index (κ2) is 7.63. The topological polar surface area (TPSA) is 85.3 Å². The molecule has 0 aliphatic carbocycles. The highest BCUT2D eigenvalue weighted by Gasteiger charge is 2.41. The van der Waals surface area contributed by atoms with E-state index in [2.05, 4.69) is 0 Å². The molecule has 1 amide bonds. The van der Waals surface area contributed by atoms with Crippen LogP contribution in [0.4, 0.5) is 0 Å². The lowest BCUT2D eigenvalue weighted by Crippen LogP contribution is -2.51. The maximum Gasteiger partial charge on any atom is 0.335 e. The number of carbonyl (C=O) groups is 2. The molecule has 7 heteroatoms. The molecule has 2 aliphatic rings. The van der Waals surface area contributed by atoms with Crippen molar-refractivity contribution in [3.63, 3.8) is 0 Å². The third-order valence-electron chi connectivity index (χ3n) is 5.26. The fourth-order valence-corrected chi connectivity index (χ4v) is 3.49. The number of carboxylic acid groups (broad SMARTS) is 1. The van der Waals surface area contributed by atoms with Crippen molar-refractivity contribution in [2.45, 2.75) is 32.4 Å². The van der Waals surface area contributed by atoms with Crippen LogP contribution in [0.2, 0.25) is 0 Å². The summed E-state index contributed by atoms with van der Waals surface area (Å²) in [6.07, 6.45) is 1.38. The van der Waals surface area contributed by atoms with Crippen LogP contribution >= 0.6 is 0 Å². The van der Waals surface area contributed by atoms with Gasteiger partial charge in [-0.05, 0) is 25.0 Å². The summed E-state index contributed by atoms with van der Waals surface area (Å²) < 4.78 is 16.6. The molecule has 0 unspecified atom stereocenters. The van der Waals surface area contributed by atoms with Gasteiger partial charge in [0.05, 0.1) is 23.6 Å². The smallest absolute Gasteiger partial charge is 0.335 e. The number of benzene rings is 1. The summed E-state index contributed by atoms with van der Waals surface area (Å²) in [6, 6.07) is 4.56. The Hall–Kier alpha value is -2.12. The normalized spacial score (nSPS) is 22.1. The van der Waals surface area contributed by atoms with Crippen molar-refractivity contribution in [2.75, 3.05) is 33.5 Å². The van der Waals surface area contributed by atoms with Gasteiger partial charge in [-0.15, -0.1) is 0 Å². The number of carboxylic acids is 1. The zero-order valence-corrected chi connectivity index (χ0v) is 15.2. The first-order chi connectivity index (χ1) is 12.4. The summed E-state index contributed by atoms with van der Waals surface area (Å²) in [7, 11) is 1.60. The highest BCUT2D eigenvalue weighted by molar-refractivity contribution is 5.88. The number of hydrogen-bond donors (Lipinski definition) is 1. The number of carbonyl (C=O) groups excluding carboxylic acids is 1. The van der Waals surface area contributed by atoms with E-state index in [-0.39, 0.29) is 24.1 Å². The molecule has 7 nitrogen and oxygen atoms in total. The van der Waals surface area contributed by atoms with Crippen LogP contribution in [0.25, 0.3) is 0 Å². The van der Waals surface area contributed by atoms with Gasteiger partial charge in [-0.3, -0.25) is 4.79 Å². The van der Waals surface area contributed by atoms with Crippen LogP contribution in [0.5, 0.6) is 5.75 Å². The van der Waals surface area contributed by atoms with Crippen molar-refractivity contribution in [3.8, 4) is 5.75 Å². The van der Waals surface area contributed by atoms with Crippen molar-refractivity contribution >= 4 is 11.9 Å². The molecule has 1 fully saturated rings. The molecule has 1 aromatic rings. The SMILES string of the molecule is COC[C@H]1COc2cc(C(=O)O)ccc2CN1C(=O)C1(C)CCOCC1. The van der Waals surface area contributed by atoms with Crippen molar-refractivity contribution in [1.29, 1.82) is 0 Å². The summed E-state index contributed by atoms with van der Waals surface area (Å²) >= 11 is 0. The minimum atomic E-state index is -1.00. The minimum absolute atomic E-state index is 0.0709. The molecule has 2 heterocycles. The van der Waals surface area contributed by atoms with E-state index in [0.29, 0.717) is 45.0 Å². The number of aromatic carboxylic acids is 1. The summed E-state index contributed by atoms with van der Waals surface area (Å²) in [5, 5.41) is 9.19. The fourth-order valence-electron chi connectivity index (χ4n) is 3.49. The van der Waals surface area contributed by atoms with Crippen molar-refractivity contribution < 1.29 is 28.9 Å². The Labute approximate surface area is 152 Å². The van der Waals surface area contributed by atoms with E-state index in [1.165, 1.54) is 6.07 Å². The summed E-state index contributed by atoms with van der Waals surface area (Å²) in [4.78, 5) is 26.4. The fraction of sp³-hybridized carbons (Fsp3) is 0.579. The molecule has 2 aliphatic heterocycles. The number of ether oxygens (including phenoxy) is 3. The molecule has 0 radical (unpaired) electrons. The molecule has 1 N–H and O–H groups in total. The van der Waals surface area contributed by atoms with Crippen molar-refractivity contribution in [2.24, 2.45) is 5.41 Å². The molecule has 1 aromatic carbocycles. The van der Waals surface area contributed by atoms with Crippen LogP contribution in [0.1, 0.15) is 35.7 Å². The van der Waals surface area contributed by atoms with Crippen LogP contribution < -0.4 is 4.74 Å². The molecule has 142 valence electrons. The Morgan fingerprint density at radius 3 is 2.73 bits per heavy atom. The van der Waals surface area contributed by atoms with E-state index in [4.69, 9.17) is 14.2 Å². The molecular weight excluding hydrogens is 338 g/mol. The summed E-state index contributed by atoms with van der Waals surface area (Å²) in [6.45, 7) is 4.15. The molecule has 0 bridgehead atoms. The first-order valence-corrected chi connectivity index (χ1v) is 8.81. The van der Waals surface area contributed by atoms with Crippen LogP contribution in [-0.2, 0) is 20.8 Å². The third-order valence-corrected chi connectivity index (χ3v) is 5.26. The van der Waals surface area contributed by atoms with E-state index in [9.17, 15) is 14.7 Å². The van der Waals surface area contributed by atoms with Crippen LogP contribution in [0, 0.1) is 5.41 Å². The lowest BCUT2D eigenvalue weighted by atomic mass is 9.80. The van der Waals surface area contributed by atoms with Gasteiger partial charge in [0.2, 0.25) is 5.91 Å². The maximum absolute atomic E-state index is 13.4. The Kier molecular flexibility index (Phi) is 5.48. The molecule has 1 saturated heterocycles. The zero-order valence-electron chi connectivity index (χ0n) is 15.2. The number of methoxy groups -OCH3 is 1. The van der Waals surface area contributed by atoms with Crippen LogP contribution in [0.3, 0.4) is 0 Å². The molecule has 26 heavy (non-hydrogen) atoms. The predicted octanol–water partition coefficient (Wildman–Crippen LogP) is 1.94. The molecule has 1 atom stereocenters. The highest BCUT2D eigenvalue weighted by atomic mass is 16.5. The van der Waals surface area contributed by atoms with Crippen molar-refractivity contribution in [1.82, 2.24) is 4.90 Å². The number of rotatable bonds is 4. The Bertz CT molecular complexity index is 683. The number of hydrogen-bond acceptors (Lipinski definition) is 5. The van der Waals surface area contributed by atoms with Gasteiger partial charge in [0.15, 0.2) is 0 Å². The maximum atomic E-state index is 13.4. The average molecular weight is 363 g/mol. The van der Waals surface area contributed by atoms with E-state index < -0.39 is 11.4 Å². The molecule has 3 rings (SSSR count). The Morgan fingerprint density at radius 2 is 2.08 bits per heavy atom. The summed E-state index contributed by atoms with van der Waals surface area (Å²) in [5.74, 6) is -0.420. The van der Waals surface area contributed by atoms with Gasteiger partial charge in [0, 0.05) is 32.4 Å². The van der Waals surface area contributed by atoms with E-state index >= 15 is 0 Å². The third kappa shape index (κ3) is 3.68. The quantitative estimate of drug-likeness (QED) is 0.880. The second-order valence-corrected chi connectivity index (χ2v) is 7.15. The van der Waals surface area contributed by atoms with E-state index in [1.54, 1.807) is 19.2 Å². The van der Waals surface area contributed by atoms with Gasteiger partial charge in [-0.1, -0.05) is 13.0 Å². The van der Waals surface area contributed by atoms with Crippen LogP contribution in [-0.4, -0.2) is 61.5 Å².